The van der Waals surface area contributed by atoms with Crippen molar-refractivity contribution in [2.75, 3.05) is 12.8 Å². The fraction of sp³-hybridized carbons (Fsp3) is 0.650. The Kier molecular flexibility index (Phi) is 4.49. The molecule has 2 amide bonds. The first-order valence-corrected chi connectivity index (χ1v) is 11.6. The summed E-state index contributed by atoms with van der Waals surface area (Å²) < 4.78 is 23.2. The third-order valence-electron chi connectivity index (χ3n) is 6.52. The molecule has 2 heterocycles. The number of sulfone groups is 1. The molecule has 5 nitrogen and oxygen atoms in total. The molecule has 5 rings (SSSR count). The standard InChI is InChI=1S/C20H28N2O3S/c1-13(17-3-5-19(6-4-17)26(2,24)25)21-20(23)22-12-16-8-14-7-15(9-16)11-18(22)10-14/h3-6,13-16,18H,7-12H2,1-2H3,(H,21,23)/t13-,14-,15+,16?,18?/m0/s1. The van der Waals surface area contributed by atoms with Crippen molar-refractivity contribution in [2.24, 2.45) is 17.8 Å². The fourth-order valence-electron chi connectivity index (χ4n) is 5.39. The van der Waals surface area contributed by atoms with Crippen molar-refractivity contribution in [3.05, 3.63) is 29.8 Å². The molecule has 0 spiro atoms. The number of carbonyl (C=O) groups is 1. The molecule has 4 fully saturated rings. The summed E-state index contributed by atoms with van der Waals surface area (Å²) in [5, 5.41) is 3.13. The van der Waals surface area contributed by atoms with Crippen LogP contribution in [0.1, 0.15) is 50.6 Å². The maximum Gasteiger partial charge on any atom is 0.318 e. The van der Waals surface area contributed by atoms with Gasteiger partial charge in [-0.1, -0.05) is 12.1 Å². The highest BCUT2D eigenvalue weighted by atomic mass is 32.2. The second-order valence-electron chi connectivity index (χ2n) is 8.60. The number of benzene rings is 1. The molecule has 142 valence electrons. The third-order valence-corrected chi connectivity index (χ3v) is 7.64. The number of carbonyl (C=O) groups excluding carboxylic acids is 1. The van der Waals surface area contributed by atoms with Crippen LogP contribution in [-0.4, -0.2) is 38.2 Å². The Labute approximate surface area is 156 Å². The van der Waals surface area contributed by atoms with Gasteiger partial charge in [-0.15, -0.1) is 0 Å². The number of nitrogens with zero attached hydrogens (tertiary/aromatic N) is 1. The van der Waals surface area contributed by atoms with Crippen LogP contribution in [0.5, 0.6) is 0 Å². The number of amides is 2. The number of rotatable bonds is 3. The minimum Gasteiger partial charge on any atom is -0.331 e. The van der Waals surface area contributed by atoms with Gasteiger partial charge >= 0.3 is 6.03 Å². The van der Waals surface area contributed by atoms with Crippen molar-refractivity contribution >= 4 is 15.9 Å². The van der Waals surface area contributed by atoms with Crippen LogP contribution in [0, 0.1) is 17.8 Å². The normalized spacial score (nSPS) is 31.5. The van der Waals surface area contributed by atoms with E-state index in [2.05, 4.69) is 10.2 Å². The van der Waals surface area contributed by atoms with Crippen LogP contribution >= 0.6 is 0 Å². The summed E-state index contributed by atoms with van der Waals surface area (Å²) in [4.78, 5) is 15.3. The Bertz CT molecular complexity index is 776. The molecule has 2 saturated carbocycles. The van der Waals surface area contributed by atoms with Crippen LogP contribution < -0.4 is 5.32 Å². The predicted molar refractivity (Wildman–Crippen MR) is 101 cm³/mol. The second-order valence-corrected chi connectivity index (χ2v) is 10.6. The molecular weight excluding hydrogens is 348 g/mol. The van der Waals surface area contributed by atoms with Crippen molar-refractivity contribution in [1.82, 2.24) is 10.2 Å². The Morgan fingerprint density at radius 1 is 1.04 bits per heavy atom. The molecule has 0 radical (unpaired) electrons. The van der Waals surface area contributed by atoms with Crippen LogP contribution in [0.25, 0.3) is 0 Å². The van der Waals surface area contributed by atoms with Gasteiger partial charge < -0.3 is 10.2 Å². The molecule has 2 aliphatic heterocycles. The summed E-state index contributed by atoms with van der Waals surface area (Å²) in [5.74, 6) is 2.30. The Balaban J connectivity index is 1.44. The average molecular weight is 377 g/mol. The quantitative estimate of drug-likeness (QED) is 0.879. The highest BCUT2D eigenvalue weighted by Crippen LogP contribution is 2.47. The molecule has 0 aromatic heterocycles. The van der Waals surface area contributed by atoms with Gasteiger partial charge in [0.05, 0.1) is 10.9 Å². The zero-order chi connectivity index (χ0) is 18.5. The molecule has 2 aliphatic carbocycles. The van der Waals surface area contributed by atoms with Gasteiger partial charge in [0.2, 0.25) is 0 Å². The maximum absolute atomic E-state index is 12.9. The summed E-state index contributed by atoms with van der Waals surface area (Å²) in [7, 11) is -3.20. The number of urea groups is 1. The van der Waals surface area contributed by atoms with Crippen molar-refractivity contribution in [1.29, 1.82) is 0 Å². The van der Waals surface area contributed by atoms with Crippen LogP contribution in [0.2, 0.25) is 0 Å². The first-order chi connectivity index (χ1) is 12.3. The molecule has 4 bridgehead atoms. The molecule has 5 atom stereocenters. The SMILES string of the molecule is C[C@H](NC(=O)N1CC2C[C@@H]3CC1C[C@H](C2)C3)c1ccc(S(C)(=O)=O)cc1. The molecule has 1 N–H and O–H groups in total. The van der Waals surface area contributed by atoms with E-state index in [9.17, 15) is 13.2 Å². The van der Waals surface area contributed by atoms with Gasteiger partial charge in [0.15, 0.2) is 9.84 Å². The summed E-state index contributed by atoms with van der Waals surface area (Å²) >= 11 is 0. The lowest BCUT2D eigenvalue weighted by atomic mass is 9.68. The molecule has 2 saturated heterocycles. The van der Waals surface area contributed by atoms with Gasteiger partial charge in [-0.2, -0.15) is 0 Å². The highest BCUT2D eigenvalue weighted by molar-refractivity contribution is 7.90. The van der Waals surface area contributed by atoms with E-state index in [1.54, 1.807) is 24.3 Å². The summed E-state index contributed by atoms with van der Waals surface area (Å²) in [6, 6.07) is 7.08. The lowest BCUT2D eigenvalue weighted by molar-refractivity contribution is 0.130. The summed E-state index contributed by atoms with van der Waals surface area (Å²) in [6.07, 6.45) is 7.48. The molecule has 26 heavy (non-hydrogen) atoms. The number of hydrogen-bond donors (Lipinski definition) is 1. The summed E-state index contributed by atoms with van der Waals surface area (Å²) in [5.41, 5.74) is 0.923. The van der Waals surface area contributed by atoms with E-state index < -0.39 is 9.84 Å². The molecule has 6 heteroatoms. The van der Waals surface area contributed by atoms with E-state index in [-0.39, 0.29) is 12.1 Å². The molecule has 2 unspecified atom stereocenters. The molecular formula is C20H28N2O3S. The van der Waals surface area contributed by atoms with Gasteiger partial charge in [-0.3, -0.25) is 0 Å². The van der Waals surface area contributed by atoms with Crippen molar-refractivity contribution in [3.63, 3.8) is 0 Å². The van der Waals surface area contributed by atoms with Gasteiger partial charge in [0, 0.05) is 18.8 Å². The van der Waals surface area contributed by atoms with E-state index in [1.807, 2.05) is 6.92 Å². The summed E-state index contributed by atoms with van der Waals surface area (Å²) in [6.45, 7) is 2.85. The van der Waals surface area contributed by atoms with Crippen LogP contribution in [-0.2, 0) is 9.84 Å². The minimum atomic E-state index is -3.20. The largest absolute Gasteiger partial charge is 0.331 e. The zero-order valence-corrected chi connectivity index (χ0v) is 16.3. The highest BCUT2D eigenvalue weighted by Gasteiger charge is 2.44. The molecule has 1 aromatic carbocycles. The average Bonchev–Trinajstić information content (AvgIpc) is 2.77. The van der Waals surface area contributed by atoms with Crippen molar-refractivity contribution < 1.29 is 13.2 Å². The smallest absolute Gasteiger partial charge is 0.318 e. The molecule has 1 aromatic rings. The number of hydrogen-bond acceptors (Lipinski definition) is 3. The second kappa shape index (κ2) is 6.55. The fourth-order valence-corrected chi connectivity index (χ4v) is 6.02. The van der Waals surface area contributed by atoms with E-state index in [0.29, 0.717) is 16.9 Å². The lowest BCUT2D eigenvalue weighted by Gasteiger charge is -2.39. The van der Waals surface area contributed by atoms with E-state index in [1.165, 1.54) is 25.5 Å². The van der Waals surface area contributed by atoms with Gasteiger partial charge in [0.25, 0.3) is 0 Å². The van der Waals surface area contributed by atoms with E-state index in [4.69, 9.17) is 0 Å². The topological polar surface area (TPSA) is 66.5 Å². The Morgan fingerprint density at radius 2 is 1.62 bits per heavy atom. The first-order valence-electron chi connectivity index (χ1n) is 9.66. The zero-order valence-electron chi connectivity index (χ0n) is 15.5. The Morgan fingerprint density at radius 3 is 2.19 bits per heavy atom. The lowest BCUT2D eigenvalue weighted by Crippen LogP contribution is -2.47. The molecule has 4 aliphatic rings. The van der Waals surface area contributed by atoms with Crippen molar-refractivity contribution in [3.8, 4) is 0 Å². The number of nitrogens with one attached hydrogen (secondary N) is 1. The maximum atomic E-state index is 12.9. The minimum absolute atomic E-state index is 0.0305. The van der Waals surface area contributed by atoms with E-state index >= 15 is 0 Å². The van der Waals surface area contributed by atoms with Gasteiger partial charge in [-0.05, 0) is 74.5 Å². The van der Waals surface area contributed by atoms with Crippen LogP contribution in [0.4, 0.5) is 4.79 Å². The first kappa shape index (κ1) is 17.8. The third kappa shape index (κ3) is 3.48. The number of fused-ring (bicyclic) bond motifs is 1. The van der Waals surface area contributed by atoms with Gasteiger partial charge in [0.1, 0.15) is 0 Å². The monoisotopic (exact) mass is 376 g/mol. The predicted octanol–water partition coefficient (Wildman–Crippen LogP) is 3.37. The Hall–Kier alpha value is -1.56. The van der Waals surface area contributed by atoms with Gasteiger partial charge in [-0.25, -0.2) is 13.2 Å². The van der Waals surface area contributed by atoms with Crippen LogP contribution in [0.3, 0.4) is 0 Å². The van der Waals surface area contributed by atoms with Crippen molar-refractivity contribution in [2.45, 2.75) is 56.0 Å². The van der Waals surface area contributed by atoms with Crippen LogP contribution in [0.15, 0.2) is 29.2 Å². The van der Waals surface area contributed by atoms with E-state index in [0.717, 1.165) is 36.8 Å².